The average molecular weight is 431 g/mol. The normalized spacial score (nSPS) is 11.1. The number of amides is 3. The first-order valence-electron chi connectivity index (χ1n) is 9.99. The Morgan fingerprint density at radius 3 is 2.43 bits per heavy atom. The maximum absolute atomic E-state index is 13.0. The number of carbonyl (C=O) groups excluding carboxylic acids is 3. The SMILES string of the molecule is CCC(C)(C)NC(=O)CN(C(=O)CCC(=O)Nc1nccs1)c1ccc(C)c(C)c1. The molecule has 0 radical (unpaired) electrons. The molecule has 1 aromatic heterocycles. The first-order chi connectivity index (χ1) is 14.1. The van der Waals surface area contributed by atoms with Gasteiger partial charge in [-0.1, -0.05) is 13.0 Å². The van der Waals surface area contributed by atoms with E-state index in [9.17, 15) is 14.4 Å². The van der Waals surface area contributed by atoms with Crippen molar-refractivity contribution in [3.05, 3.63) is 40.9 Å². The third-order valence-electron chi connectivity index (χ3n) is 5.01. The quantitative estimate of drug-likeness (QED) is 0.633. The predicted octanol–water partition coefficient (Wildman–Crippen LogP) is 3.82. The number of aryl methyl sites for hydroxylation is 2. The summed E-state index contributed by atoms with van der Waals surface area (Å²) in [5, 5.41) is 7.90. The molecule has 0 atom stereocenters. The largest absolute Gasteiger partial charge is 0.350 e. The lowest BCUT2D eigenvalue weighted by Crippen LogP contribution is -2.48. The van der Waals surface area contributed by atoms with Crippen molar-refractivity contribution in [3.63, 3.8) is 0 Å². The standard InChI is InChI=1S/C22H30N4O3S/c1-6-22(4,5)25-19(28)14-26(17-8-7-15(2)16(3)13-17)20(29)10-9-18(27)24-21-23-11-12-30-21/h7-8,11-13H,6,9-10,14H2,1-5H3,(H,25,28)(H,23,24,27). The Hall–Kier alpha value is -2.74. The number of anilines is 2. The lowest BCUT2D eigenvalue weighted by molar-refractivity contribution is -0.125. The van der Waals surface area contributed by atoms with Crippen LogP contribution < -0.4 is 15.5 Å². The smallest absolute Gasteiger partial charge is 0.240 e. The second-order valence-corrected chi connectivity index (χ2v) is 8.81. The van der Waals surface area contributed by atoms with Crippen LogP contribution in [0.15, 0.2) is 29.8 Å². The fourth-order valence-electron chi connectivity index (χ4n) is 2.69. The zero-order valence-electron chi connectivity index (χ0n) is 18.2. The molecule has 0 bridgehead atoms. The number of nitrogens with zero attached hydrogens (tertiary/aromatic N) is 2. The van der Waals surface area contributed by atoms with Crippen molar-refractivity contribution < 1.29 is 14.4 Å². The van der Waals surface area contributed by atoms with E-state index in [1.165, 1.54) is 16.2 Å². The molecule has 1 aromatic carbocycles. The van der Waals surface area contributed by atoms with Gasteiger partial charge in [-0.05, 0) is 57.4 Å². The van der Waals surface area contributed by atoms with Gasteiger partial charge < -0.3 is 15.5 Å². The van der Waals surface area contributed by atoms with Crippen LogP contribution in [-0.2, 0) is 14.4 Å². The van der Waals surface area contributed by atoms with Gasteiger partial charge in [0.1, 0.15) is 6.54 Å². The van der Waals surface area contributed by atoms with Crippen molar-refractivity contribution in [2.45, 2.75) is 59.4 Å². The molecule has 0 aliphatic carbocycles. The second kappa shape index (κ2) is 10.3. The highest BCUT2D eigenvalue weighted by Gasteiger charge is 2.24. The Kier molecular flexibility index (Phi) is 8.11. The molecule has 0 aliphatic rings. The Labute approximate surface area is 181 Å². The van der Waals surface area contributed by atoms with Crippen molar-refractivity contribution in [3.8, 4) is 0 Å². The van der Waals surface area contributed by atoms with Crippen LogP contribution in [0.3, 0.4) is 0 Å². The minimum absolute atomic E-state index is 0.00537. The number of hydrogen-bond acceptors (Lipinski definition) is 5. The van der Waals surface area contributed by atoms with Gasteiger partial charge in [0, 0.05) is 35.6 Å². The van der Waals surface area contributed by atoms with E-state index in [1.54, 1.807) is 11.6 Å². The van der Waals surface area contributed by atoms with Crippen LogP contribution >= 0.6 is 11.3 Å². The summed E-state index contributed by atoms with van der Waals surface area (Å²) in [7, 11) is 0. The van der Waals surface area contributed by atoms with Crippen LogP contribution in [0.5, 0.6) is 0 Å². The maximum Gasteiger partial charge on any atom is 0.240 e. The van der Waals surface area contributed by atoms with Crippen molar-refractivity contribution >= 4 is 39.9 Å². The summed E-state index contributed by atoms with van der Waals surface area (Å²) in [6.07, 6.45) is 2.38. The van der Waals surface area contributed by atoms with E-state index in [4.69, 9.17) is 0 Å². The summed E-state index contributed by atoms with van der Waals surface area (Å²) >= 11 is 1.32. The third-order valence-corrected chi connectivity index (χ3v) is 5.70. The molecule has 0 unspecified atom stereocenters. The lowest BCUT2D eigenvalue weighted by atomic mass is 10.0. The molecule has 2 aromatic rings. The molecule has 1 heterocycles. The number of benzene rings is 1. The number of rotatable bonds is 9. The van der Waals surface area contributed by atoms with Crippen molar-refractivity contribution in [2.24, 2.45) is 0 Å². The molecule has 162 valence electrons. The van der Waals surface area contributed by atoms with E-state index in [1.807, 2.05) is 52.8 Å². The molecule has 8 heteroatoms. The number of nitrogens with one attached hydrogen (secondary N) is 2. The summed E-state index contributed by atoms with van der Waals surface area (Å²) in [6.45, 7) is 9.73. The van der Waals surface area contributed by atoms with Crippen LogP contribution in [-0.4, -0.2) is 34.8 Å². The van der Waals surface area contributed by atoms with Gasteiger partial charge in [-0.3, -0.25) is 14.4 Å². The van der Waals surface area contributed by atoms with Gasteiger partial charge in [0.15, 0.2) is 5.13 Å². The van der Waals surface area contributed by atoms with E-state index in [2.05, 4.69) is 15.6 Å². The summed E-state index contributed by atoms with van der Waals surface area (Å²) < 4.78 is 0. The Balaban J connectivity index is 2.11. The third kappa shape index (κ3) is 6.95. The summed E-state index contributed by atoms with van der Waals surface area (Å²) in [4.78, 5) is 43.2. The Bertz CT molecular complexity index is 894. The van der Waals surface area contributed by atoms with Gasteiger partial charge in [-0.25, -0.2) is 4.98 Å². The highest BCUT2D eigenvalue weighted by molar-refractivity contribution is 7.13. The van der Waals surface area contributed by atoms with E-state index in [0.717, 1.165) is 17.5 Å². The molecular weight excluding hydrogens is 400 g/mol. The maximum atomic E-state index is 13.0. The fourth-order valence-corrected chi connectivity index (χ4v) is 3.23. The van der Waals surface area contributed by atoms with Gasteiger partial charge in [-0.2, -0.15) is 0 Å². The monoisotopic (exact) mass is 430 g/mol. The topological polar surface area (TPSA) is 91.4 Å². The van der Waals surface area contributed by atoms with Crippen LogP contribution in [0.25, 0.3) is 0 Å². The first kappa shape index (κ1) is 23.5. The molecule has 2 rings (SSSR count). The first-order valence-corrected chi connectivity index (χ1v) is 10.9. The highest BCUT2D eigenvalue weighted by Crippen LogP contribution is 2.21. The number of hydrogen-bond donors (Lipinski definition) is 2. The molecule has 0 aliphatic heterocycles. The van der Waals surface area contributed by atoms with Crippen molar-refractivity contribution in [1.29, 1.82) is 0 Å². The van der Waals surface area contributed by atoms with E-state index < -0.39 is 0 Å². The van der Waals surface area contributed by atoms with Gasteiger partial charge in [-0.15, -0.1) is 11.3 Å². The van der Waals surface area contributed by atoms with E-state index in [0.29, 0.717) is 10.8 Å². The summed E-state index contributed by atoms with van der Waals surface area (Å²) in [5.74, 6) is -0.799. The second-order valence-electron chi connectivity index (χ2n) is 7.92. The van der Waals surface area contributed by atoms with Crippen LogP contribution in [0.4, 0.5) is 10.8 Å². The zero-order chi connectivity index (χ0) is 22.3. The highest BCUT2D eigenvalue weighted by atomic mass is 32.1. The van der Waals surface area contributed by atoms with E-state index >= 15 is 0 Å². The van der Waals surface area contributed by atoms with E-state index in [-0.39, 0.29) is 42.6 Å². The molecule has 3 amide bonds. The average Bonchev–Trinajstić information content (AvgIpc) is 3.19. The van der Waals surface area contributed by atoms with Crippen molar-refractivity contribution in [1.82, 2.24) is 10.3 Å². The van der Waals surface area contributed by atoms with Gasteiger partial charge in [0.2, 0.25) is 17.7 Å². The predicted molar refractivity (Wildman–Crippen MR) is 121 cm³/mol. The summed E-state index contributed by atoms with van der Waals surface area (Å²) in [6, 6.07) is 5.64. The number of carbonyl (C=O) groups is 3. The van der Waals surface area contributed by atoms with Crippen molar-refractivity contribution in [2.75, 3.05) is 16.8 Å². The fraction of sp³-hybridized carbons (Fsp3) is 0.455. The van der Waals surface area contributed by atoms with Gasteiger partial charge in [0.05, 0.1) is 0 Å². The Morgan fingerprint density at radius 2 is 1.83 bits per heavy atom. The molecule has 0 spiro atoms. The molecule has 30 heavy (non-hydrogen) atoms. The van der Waals surface area contributed by atoms with Gasteiger partial charge >= 0.3 is 0 Å². The number of thiazole rings is 1. The summed E-state index contributed by atoms with van der Waals surface area (Å²) in [5.41, 5.74) is 2.42. The zero-order valence-corrected chi connectivity index (χ0v) is 19.1. The van der Waals surface area contributed by atoms with Crippen LogP contribution in [0.1, 0.15) is 51.2 Å². The van der Waals surface area contributed by atoms with Crippen LogP contribution in [0, 0.1) is 13.8 Å². The Morgan fingerprint density at radius 1 is 1.10 bits per heavy atom. The molecule has 0 saturated heterocycles. The molecule has 7 nitrogen and oxygen atoms in total. The molecule has 0 fully saturated rings. The minimum Gasteiger partial charge on any atom is -0.350 e. The molecular formula is C22H30N4O3S. The molecule has 0 saturated carbocycles. The minimum atomic E-state index is -0.359. The lowest BCUT2D eigenvalue weighted by Gasteiger charge is -2.28. The number of aromatic nitrogens is 1. The molecule has 2 N–H and O–H groups in total. The van der Waals surface area contributed by atoms with Gasteiger partial charge in [0.25, 0.3) is 0 Å². The van der Waals surface area contributed by atoms with Crippen LogP contribution in [0.2, 0.25) is 0 Å².